The van der Waals surface area contributed by atoms with E-state index in [2.05, 4.69) is 28.4 Å². The summed E-state index contributed by atoms with van der Waals surface area (Å²) < 4.78 is 16.3. The SMILES string of the molecule is COc1ccc(C(CNC(=O)C2CC=CCC2)N2CCOCC2)cc1OC. The minimum absolute atomic E-state index is 0.0804. The van der Waals surface area contributed by atoms with E-state index >= 15 is 0 Å². The van der Waals surface area contributed by atoms with E-state index in [0.29, 0.717) is 31.3 Å². The average Bonchev–Trinajstić information content (AvgIpc) is 2.75. The van der Waals surface area contributed by atoms with Crippen LogP contribution in [0.5, 0.6) is 11.5 Å². The van der Waals surface area contributed by atoms with Gasteiger partial charge in [-0.2, -0.15) is 0 Å². The number of benzene rings is 1. The lowest BCUT2D eigenvalue weighted by molar-refractivity contribution is -0.125. The van der Waals surface area contributed by atoms with Gasteiger partial charge in [-0.15, -0.1) is 0 Å². The van der Waals surface area contributed by atoms with Gasteiger partial charge in [0.1, 0.15) is 0 Å². The van der Waals surface area contributed by atoms with Crippen molar-refractivity contribution in [2.75, 3.05) is 47.1 Å². The van der Waals surface area contributed by atoms with Crippen LogP contribution in [0.3, 0.4) is 0 Å². The third-order valence-corrected chi connectivity index (χ3v) is 5.39. The van der Waals surface area contributed by atoms with Gasteiger partial charge in [0.2, 0.25) is 5.91 Å². The van der Waals surface area contributed by atoms with Crippen LogP contribution < -0.4 is 14.8 Å². The second-order valence-corrected chi connectivity index (χ2v) is 7.01. The molecule has 1 N–H and O–H groups in total. The first-order valence-corrected chi connectivity index (χ1v) is 9.69. The first kappa shape index (κ1) is 19.7. The summed E-state index contributed by atoms with van der Waals surface area (Å²) >= 11 is 0. The van der Waals surface area contributed by atoms with Gasteiger partial charge in [-0.05, 0) is 37.0 Å². The molecule has 2 aliphatic rings. The van der Waals surface area contributed by atoms with Crippen molar-refractivity contribution in [1.29, 1.82) is 0 Å². The second kappa shape index (κ2) is 9.76. The number of ether oxygens (including phenoxy) is 3. The Balaban J connectivity index is 1.74. The Morgan fingerprint density at radius 3 is 2.67 bits per heavy atom. The fourth-order valence-corrected chi connectivity index (χ4v) is 3.78. The zero-order chi connectivity index (χ0) is 19.1. The van der Waals surface area contributed by atoms with E-state index in [0.717, 1.165) is 37.9 Å². The van der Waals surface area contributed by atoms with Crippen molar-refractivity contribution < 1.29 is 19.0 Å². The Morgan fingerprint density at radius 2 is 2.00 bits per heavy atom. The number of morpholine rings is 1. The molecule has 148 valence electrons. The highest BCUT2D eigenvalue weighted by Gasteiger charge is 2.26. The third kappa shape index (κ3) is 5.02. The molecule has 1 aromatic rings. The maximum absolute atomic E-state index is 12.6. The summed E-state index contributed by atoms with van der Waals surface area (Å²) in [5.74, 6) is 1.65. The molecule has 27 heavy (non-hydrogen) atoms. The van der Waals surface area contributed by atoms with Crippen LogP contribution in [0, 0.1) is 5.92 Å². The van der Waals surface area contributed by atoms with Crippen LogP contribution >= 0.6 is 0 Å². The average molecular weight is 374 g/mol. The standard InChI is InChI=1S/C21H30N2O4/c1-25-19-9-8-17(14-20(19)26-2)18(23-10-12-27-13-11-23)15-22-21(24)16-6-4-3-5-7-16/h3-4,8-9,14,16,18H,5-7,10-13,15H2,1-2H3,(H,22,24). The van der Waals surface area contributed by atoms with Crippen LogP contribution in [0.15, 0.2) is 30.4 Å². The quantitative estimate of drug-likeness (QED) is 0.744. The Kier molecular flexibility index (Phi) is 7.12. The zero-order valence-electron chi connectivity index (χ0n) is 16.3. The van der Waals surface area contributed by atoms with Crippen LogP contribution in [0.4, 0.5) is 0 Å². The lowest BCUT2D eigenvalue weighted by Crippen LogP contribution is -2.44. The summed E-state index contributed by atoms with van der Waals surface area (Å²) in [6.07, 6.45) is 7.03. The molecule has 0 spiro atoms. The number of carbonyl (C=O) groups is 1. The van der Waals surface area contributed by atoms with Crippen LogP contribution in [-0.2, 0) is 9.53 Å². The molecular weight excluding hydrogens is 344 g/mol. The number of hydrogen-bond donors (Lipinski definition) is 1. The van der Waals surface area contributed by atoms with Crippen molar-refractivity contribution in [3.8, 4) is 11.5 Å². The summed E-state index contributed by atoms with van der Waals surface area (Å²) in [5, 5.41) is 3.19. The number of nitrogens with zero attached hydrogens (tertiary/aromatic N) is 1. The summed E-state index contributed by atoms with van der Waals surface area (Å²) in [6, 6.07) is 6.07. The normalized spacial score (nSPS) is 21.5. The molecule has 0 saturated carbocycles. The van der Waals surface area contributed by atoms with Crippen molar-refractivity contribution in [2.45, 2.75) is 25.3 Å². The topological polar surface area (TPSA) is 60.0 Å². The van der Waals surface area contributed by atoms with Crippen molar-refractivity contribution in [1.82, 2.24) is 10.2 Å². The van der Waals surface area contributed by atoms with Crippen molar-refractivity contribution in [3.63, 3.8) is 0 Å². The smallest absolute Gasteiger partial charge is 0.223 e. The van der Waals surface area contributed by atoms with Gasteiger partial charge in [-0.1, -0.05) is 18.2 Å². The number of allylic oxidation sites excluding steroid dienone is 2. The summed E-state index contributed by atoms with van der Waals surface area (Å²) in [7, 11) is 3.28. The molecule has 1 saturated heterocycles. The molecule has 1 aromatic carbocycles. The zero-order valence-corrected chi connectivity index (χ0v) is 16.3. The Labute approximate surface area is 161 Å². The Morgan fingerprint density at radius 1 is 1.22 bits per heavy atom. The number of rotatable bonds is 7. The molecule has 0 bridgehead atoms. The highest BCUT2D eigenvalue weighted by molar-refractivity contribution is 5.79. The second-order valence-electron chi connectivity index (χ2n) is 7.01. The molecule has 2 unspecified atom stereocenters. The predicted molar refractivity (Wildman–Crippen MR) is 104 cm³/mol. The highest BCUT2D eigenvalue weighted by atomic mass is 16.5. The molecule has 1 amide bonds. The minimum Gasteiger partial charge on any atom is -0.493 e. The third-order valence-electron chi connectivity index (χ3n) is 5.39. The minimum atomic E-state index is 0.0804. The van der Waals surface area contributed by atoms with Crippen molar-refractivity contribution >= 4 is 5.91 Å². The van der Waals surface area contributed by atoms with Gasteiger partial charge in [0, 0.05) is 25.6 Å². The van der Waals surface area contributed by atoms with E-state index in [4.69, 9.17) is 14.2 Å². The summed E-state index contributed by atoms with van der Waals surface area (Å²) in [4.78, 5) is 15.0. The van der Waals surface area contributed by atoms with E-state index < -0.39 is 0 Å². The summed E-state index contributed by atoms with van der Waals surface area (Å²) in [5.41, 5.74) is 1.11. The molecule has 6 nitrogen and oxygen atoms in total. The number of carbonyl (C=O) groups excluding carboxylic acids is 1. The molecule has 3 rings (SSSR count). The molecule has 0 aromatic heterocycles. The largest absolute Gasteiger partial charge is 0.493 e. The molecule has 1 fully saturated rings. The number of hydrogen-bond acceptors (Lipinski definition) is 5. The molecule has 1 aliphatic heterocycles. The first-order valence-electron chi connectivity index (χ1n) is 9.69. The van der Waals surface area contributed by atoms with Crippen LogP contribution in [0.1, 0.15) is 30.9 Å². The predicted octanol–water partition coefficient (Wildman–Crippen LogP) is 2.55. The highest BCUT2D eigenvalue weighted by Crippen LogP contribution is 2.32. The van der Waals surface area contributed by atoms with Crippen LogP contribution in [0.25, 0.3) is 0 Å². The summed E-state index contributed by atoms with van der Waals surface area (Å²) in [6.45, 7) is 3.70. The van der Waals surface area contributed by atoms with Crippen LogP contribution in [-0.4, -0.2) is 57.9 Å². The first-order chi connectivity index (χ1) is 13.2. The monoisotopic (exact) mass is 374 g/mol. The fourth-order valence-electron chi connectivity index (χ4n) is 3.78. The van der Waals surface area contributed by atoms with Crippen molar-refractivity contribution in [3.05, 3.63) is 35.9 Å². The van der Waals surface area contributed by atoms with Gasteiger partial charge in [0.15, 0.2) is 11.5 Å². The maximum Gasteiger partial charge on any atom is 0.223 e. The molecular formula is C21H30N2O4. The van der Waals surface area contributed by atoms with Gasteiger partial charge < -0.3 is 19.5 Å². The van der Waals surface area contributed by atoms with Gasteiger partial charge in [0.25, 0.3) is 0 Å². The van der Waals surface area contributed by atoms with Crippen LogP contribution in [0.2, 0.25) is 0 Å². The lowest BCUT2D eigenvalue weighted by atomic mass is 9.93. The number of methoxy groups -OCH3 is 2. The van der Waals surface area contributed by atoms with E-state index in [1.165, 1.54) is 0 Å². The van der Waals surface area contributed by atoms with E-state index in [-0.39, 0.29) is 17.9 Å². The van der Waals surface area contributed by atoms with Gasteiger partial charge >= 0.3 is 0 Å². The maximum atomic E-state index is 12.6. The molecule has 2 atom stereocenters. The van der Waals surface area contributed by atoms with E-state index in [9.17, 15) is 4.79 Å². The molecule has 1 aliphatic carbocycles. The molecule has 6 heteroatoms. The molecule has 1 heterocycles. The number of amides is 1. The van der Waals surface area contributed by atoms with Gasteiger partial charge in [-0.3, -0.25) is 9.69 Å². The lowest BCUT2D eigenvalue weighted by Gasteiger charge is -2.35. The Hall–Kier alpha value is -2.05. The van der Waals surface area contributed by atoms with E-state index in [1.807, 2.05) is 12.1 Å². The number of nitrogens with one attached hydrogen (secondary N) is 1. The molecule has 0 radical (unpaired) electrons. The van der Waals surface area contributed by atoms with Gasteiger partial charge in [-0.25, -0.2) is 0 Å². The van der Waals surface area contributed by atoms with Crippen molar-refractivity contribution in [2.24, 2.45) is 5.92 Å². The Bertz CT molecular complexity index is 656. The van der Waals surface area contributed by atoms with E-state index in [1.54, 1.807) is 14.2 Å². The van der Waals surface area contributed by atoms with Gasteiger partial charge in [0.05, 0.1) is 33.5 Å². The fraction of sp³-hybridized carbons (Fsp3) is 0.571.